The first-order valence-corrected chi connectivity index (χ1v) is 11.3. The summed E-state index contributed by atoms with van der Waals surface area (Å²) in [5.41, 5.74) is 0. The Morgan fingerprint density at radius 1 is 0.968 bits per heavy atom. The smallest absolute Gasteiger partial charge is 0.357 e. The lowest BCUT2D eigenvalue weighted by Gasteiger charge is -2.35. The molecule has 7 nitrogen and oxygen atoms in total. The standard InChI is InChI=1S/C21H38F3N5O2/c1-4-25-20(27-11-9-21(22,23)24)26-10-7-5-6-8-18(30)28-12-14-29(15-13-28)19(31)16-17(2)3/h17H,4-16H2,1-3H3,(H2,25,26,27). The predicted octanol–water partition coefficient (Wildman–Crippen LogP) is 2.77. The number of unbranched alkanes of at least 4 members (excludes halogenated alkanes) is 2. The van der Waals surface area contributed by atoms with Crippen LogP contribution in [0.25, 0.3) is 0 Å². The predicted molar refractivity (Wildman–Crippen MR) is 116 cm³/mol. The Bertz CT molecular complexity index is 574. The Hall–Kier alpha value is -2.00. The minimum Gasteiger partial charge on any atom is -0.357 e. The van der Waals surface area contributed by atoms with Gasteiger partial charge in [-0.25, -0.2) is 0 Å². The first-order valence-electron chi connectivity index (χ1n) is 11.3. The van der Waals surface area contributed by atoms with Crippen LogP contribution in [-0.4, -0.2) is 79.6 Å². The van der Waals surface area contributed by atoms with Crippen molar-refractivity contribution in [2.45, 2.75) is 65.5 Å². The van der Waals surface area contributed by atoms with Crippen molar-refractivity contribution < 1.29 is 22.8 Å². The molecule has 1 heterocycles. The molecular weight excluding hydrogens is 411 g/mol. The monoisotopic (exact) mass is 449 g/mol. The van der Waals surface area contributed by atoms with Crippen LogP contribution in [0.5, 0.6) is 0 Å². The lowest BCUT2D eigenvalue weighted by Crippen LogP contribution is -2.50. The summed E-state index contributed by atoms with van der Waals surface area (Å²) < 4.78 is 36.7. The van der Waals surface area contributed by atoms with E-state index in [0.29, 0.717) is 64.0 Å². The van der Waals surface area contributed by atoms with Crippen LogP contribution in [-0.2, 0) is 9.59 Å². The number of piperazine rings is 1. The molecule has 1 rings (SSSR count). The molecule has 2 amide bonds. The van der Waals surface area contributed by atoms with Gasteiger partial charge in [-0.2, -0.15) is 13.2 Å². The Morgan fingerprint density at radius 2 is 1.58 bits per heavy atom. The van der Waals surface area contributed by atoms with E-state index in [1.165, 1.54) is 0 Å². The van der Waals surface area contributed by atoms with Crippen LogP contribution in [0.2, 0.25) is 0 Å². The van der Waals surface area contributed by atoms with E-state index in [9.17, 15) is 22.8 Å². The van der Waals surface area contributed by atoms with E-state index in [2.05, 4.69) is 15.6 Å². The second-order valence-electron chi connectivity index (χ2n) is 8.22. The van der Waals surface area contributed by atoms with Crippen molar-refractivity contribution in [3.05, 3.63) is 0 Å². The lowest BCUT2D eigenvalue weighted by atomic mass is 10.1. The highest BCUT2D eigenvalue weighted by atomic mass is 19.4. The van der Waals surface area contributed by atoms with E-state index < -0.39 is 12.6 Å². The fraction of sp³-hybridized carbons (Fsp3) is 0.857. The molecule has 0 aromatic rings. The summed E-state index contributed by atoms with van der Waals surface area (Å²) in [7, 11) is 0. The van der Waals surface area contributed by atoms with Crippen LogP contribution >= 0.6 is 0 Å². The van der Waals surface area contributed by atoms with Gasteiger partial charge in [-0.05, 0) is 25.7 Å². The van der Waals surface area contributed by atoms with Crippen LogP contribution in [0.3, 0.4) is 0 Å². The highest BCUT2D eigenvalue weighted by molar-refractivity contribution is 5.79. The number of halogens is 3. The van der Waals surface area contributed by atoms with Crippen LogP contribution in [0, 0.1) is 5.92 Å². The molecule has 0 radical (unpaired) electrons. The highest BCUT2D eigenvalue weighted by Gasteiger charge is 2.26. The number of carbonyl (C=O) groups is 2. The topological polar surface area (TPSA) is 77.0 Å². The van der Waals surface area contributed by atoms with Crippen LogP contribution < -0.4 is 10.6 Å². The van der Waals surface area contributed by atoms with E-state index in [1.807, 2.05) is 30.6 Å². The fourth-order valence-corrected chi connectivity index (χ4v) is 3.26. The summed E-state index contributed by atoms with van der Waals surface area (Å²) in [6.07, 6.45) is -1.74. The molecule has 0 saturated carbocycles. The maximum absolute atomic E-state index is 12.4. The number of hydrogen-bond donors (Lipinski definition) is 2. The first-order chi connectivity index (χ1) is 14.6. The number of alkyl halides is 3. The van der Waals surface area contributed by atoms with Crippen molar-refractivity contribution in [1.29, 1.82) is 0 Å². The van der Waals surface area contributed by atoms with E-state index in [4.69, 9.17) is 0 Å². The summed E-state index contributed by atoms with van der Waals surface area (Å²) in [5, 5.41) is 5.61. The molecule has 0 aliphatic carbocycles. The largest absolute Gasteiger partial charge is 0.390 e. The second-order valence-corrected chi connectivity index (χ2v) is 8.22. The maximum atomic E-state index is 12.4. The molecule has 180 valence electrons. The Morgan fingerprint density at radius 3 is 2.13 bits per heavy atom. The number of nitrogens with one attached hydrogen (secondary N) is 2. The van der Waals surface area contributed by atoms with Crippen molar-refractivity contribution in [3.8, 4) is 0 Å². The van der Waals surface area contributed by atoms with Gasteiger partial charge in [0.2, 0.25) is 11.8 Å². The SMILES string of the molecule is CCNC(=NCCCCCC(=O)N1CCN(C(=O)CC(C)C)CC1)NCCC(F)(F)F. The molecule has 1 saturated heterocycles. The average Bonchev–Trinajstić information content (AvgIpc) is 2.69. The van der Waals surface area contributed by atoms with E-state index in [-0.39, 0.29) is 18.4 Å². The van der Waals surface area contributed by atoms with Gasteiger partial charge in [0.05, 0.1) is 6.42 Å². The van der Waals surface area contributed by atoms with Gasteiger partial charge in [0.1, 0.15) is 0 Å². The molecule has 0 spiro atoms. The number of amides is 2. The number of rotatable bonds is 11. The van der Waals surface area contributed by atoms with Gasteiger partial charge in [0.15, 0.2) is 5.96 Å². The molecule has 0 aromatic carbocycles. The molecule has 31 heavy (non-hydrogen) atoms. The molecule has 2 N–H and O–H groups in total. The molecule has 0 unspecified atom stereocenters. The fourth-order valence-electron chi connectivity index (χ4n) is 3.26. The van der Waals surface area contributed by atoms with Crippen LogP contribution in [0.4, 0.5) is 13.2 Å². The van der Waals surface area contributed by atoms with Gasteiger partial charge in [0.25, 0.3) is 0 Å². The molecule has 1 aliphatic rings. The maximum Gasteiger partial charge on any atom is 0.390 e. The molecule has 10 heteroatoms. The Balaban J connectivity index is 2.20. The number of hydrogen-bond acceptors (Lipinski definition) is 3. The zero-order chi connectivity index (χ0) is 23.3. The quantitative estimate of drug-likeness (QED) is 0.289. The summed E-state index contributed by atoms with van der Waals surface area (Å²) in [4.78, 5) is 32.4. The molecule has 0 bridgehead atoms. The third-order valence-corrected chi connectivity index (χ3v) is 4.93. The van der Waals surface area contributed by atoms with Gasteiger partial charge in [0, 0.05) is 58.7 Å². The zero-order valence-electron chi connectivity index (χ0n) is 19.1. The molecule has 1 fully saturated rings. The molecule has 1 aliphatic heterocycles. The highest BCUT2D eigenvalue weighted by Crippen LogP contribution is 2.18. The van der Waals surface area contributed by atoms with Crippen LogP contribution in [0.15, 0.2) is 4.99 Å². The summed E-state index contributed by atoms with van der Waals surface area (Å²) in [6, 6.07) is 0. The van der Waals surface area contributed by atoms with Crippen molar-refractivity contribution in [2.24, 2.45) is 10.9 Å². The zero-order valence-corrected chi connectivity index (χ0v) is 19.1. The Labute approximate surface area is 183 Å². The molecular formula is C21H38F3N5O2. The molecule has 0 aromatic heterocycles. The van der Waals surface area contributed by atoms with Crippen LogP contribution in [0.1, 0.15) is 59.3 Å². The van der Waals surface area contributed by atoms with E-state index in [1.54, 1.807) is 0 Å². The second kappa shape index (κ2) is 14.1. The van der Waals surface area contributed by atoms with Gasteiger partial charge < -0.3 is 20.4 Å². The molecule has 0 atom stereocenters. The van der Waals surface area contributed by atoms with Crippen molar-refractivity contribution in [3.63, 3.8) is 0 Å². The number of guanidine groups is 1. The van der Waals surface area contributed by atoms with Gasteiger partial charge in [-0.15, -0.1) is 0 Å². The third-order valence-electron chi connectivity index (χ3n) is 4.93. The number of aliphatic imine (C=N–C) groups is 1. The van der Waals surface area contributed by atoms with Crippen molar-refractivity contribution in [2.75, 3.05) is 45.8 Å². The summed E-state index contributed by atoms with van der Waals surface area (Å²) >= 11 is 0. The van der Waals surface area contributed by atoms with Gasteiger partial charge in [-0.3, -0.25) is 14.6 Å². The first kappa shape index (κ1) is 27.0. The van der Waals surface area contributed by atoms with Crippen molar-refractivity contribution in [1.82, 2.24) is 20.4 Å². The van der Waals surface area contributed by atoms with Crippen molar-refractivity contribution >= 4 is 17.8 Å². The minimum atomic E-state index is -4.19. The third kappa shape index (κ3) is 12.4. The minimum absolute atomic E-state index is 0.113. The van der Waals surface area contributed by atoms with E-state index in [0.717, 1.165) is 19.3 Å². The summed E-state index contributed by atoms with van der Waals surface area (Å²) in [5.74, 6) is 0.989. The lowest BCUT2D eigenvalue weighted by molar-refractivity contribution is -0.140. The van der Waals surface area contributed by atoms with Gasteiger partial charge >= 0.3 is 6.18 Å². The summed E-state index contributed by atoms with van der Waals surface area (Å²) in [6.45, 7) is 9.12. The Kier molecular flexibility index (Phi) is 12.3. The van der Waals surface area contributed by atoms with Gasteiger partial charge in [-0.1, -0.05) is 20.3 Å². The average molecular weight is 450 g/mol. The number of carbonyl (C=O) groups excluding carboxylic acids is 2. The number of nitrogens with zero attached hydrogens (tertiary/aromatic N) is 3. The normalized spacial score (nSPS) is 15.4. The van der Waals surface area contributed by atoms with E-state index >= 15 is 0 Å².